The zero-order valence-corrected chi connectivity index (χ0v) is 18.1. The third-order valence-electron chi connectivity index (χ3n) is 4.19. The van der Waals surface area contributed by atoms with Crippen LogP contribution >= 0.6 is 23.4 Å². The molecule has 0 unspecified atom stereocenters. The minimum absolute atomic E-state index is 0.0919. The average molecular weight is 431 g/mol. The molecule has 1 atom stereocenters. The Morgan fingerprint density at radius 1 is 1.21 bits per heavy atom. The number of carbonyl (C=O) groups is 1. The normalized spacial score (nSPS) is 17.4. The summed E-state index contributed by atoms with van der Waals surface area (Å²) >= 11 is 7.62. The first-order chi connectivity index (χ1) is 14.0. The van der Waals surface area contributed by atoms with E-state index in [0.717, 1.165) is 23.4 Å². The second-order valence-corrected chi connectivity index (χ2v) is 7.87. The van der Waals surface area contributed by atoms with Crippen LogP contribution in [0.15, 0.2) is 52.4 Å². The molecule has 29 heavy (non-hydrogen) atoms. The first-order valence-electron chi connectivity index (χ1n) is 9.47. The molecule has 2 aromatic carbocycles. The predicted octanol–water partition coefficient (Wildman–Crippen LogP) is 5.81. The molecule has 5 nitrogen and oxygen atoms in total. The SMILES string of the molecule is CCOc1ccc(N=C2NC(=O)/C(=C\c3ccc(O[C@@H](C)CC)c(Cl)c3)S2)cc1. The first kappa shape index (κ1) is 21.3. The van der Waals surface area contributed by atoms with Gasteiger partial charge in [-0.3, -0.25) is 4.79 Å². The van der Waals surface area contributed by atoms with Crippen molar-refractivity contribution in [3.63, 3.8) is 0 Å². The van der Waals surface area contributed by atoms with Crippen molar-refractivity contribution in [2.75, 3.05) is 6.61 Å². The van der Waals surface area contributed by atoms with Crippen molar-refractivity contribution >= 4 is 46.2 Å². The molecule has 3 rings (SSSR count). The highest BCUT2D eigenvalue weighted by Gasteiger charge is 2.24. The molecule has 1 aliphatic rings. The molecule has 1 saturated heterocycles. The van der Waals surface area contributed by atoms with Gasteiger partial charge in [0.1, 0.15) is 11.5 Å². The zero-order valence-electron chi connectivity index (χ0n) is 16.6. The molecule has 0 bridgehead atoms. The van der Waals surface area contributed by atoms with E-state index in [1.54, 1.807) is 12.1 Å². The molecule has 2 aromatic rings. The van der Waals surface area contributed by atoms with Crippen molar-refractivity contribution in [3.8, 4) is 11.5 Å². The summed E-state index contributed by atoms with van der Waals surface area (Å²) in [5.41, 5.74) is 1.57. The summed E-state index contributed by atoms with van der Waals surface area (Å²) in [6, 6.07) is 12.9. The first-order valence-corrected chi connectivity index (χ1v) is 10.7. The maximum atomic E-state index is 12.3. The Morgan fingerprint density at radius 2 is 1.97 bits per heavy atom. The standard InChI is InChI=1S/C22H23ClN2O3S/c1-4-14(3)28-19-11-6-15(12-18(19)23)13-20-21(26)25-22(29-20)24-16-7-9-17(10-8-16)27-5-2/h6-14H,4-5H2,1-3H3,(H,24,25,26)/b20-13+/t14-/m0/s1. The largest absolute Gasteiger partial charge is 0.494 e. The quantitative estimate of drug-likeness (QED) is 0.563. The van der Waals surface area contributed by atoms with Gasteiger partial charge in [0.2, 0.25) is 0 Å². The number of amides is 1. The van der Waals surface area contributed by atoms with Crippen LogP contribution in [-0.4, -0.2) is 23.8 Å². The number of rotatable bonds is 7. The van der Waals surface area contributed by atoms with E-state index < -0.39 is 0 Å². The second kappa shape index (κ2) is 9.85. The van der Waals surface area contributed by atoms with Gasteiger partial charge in [0, 0.05) is 0 Å². The highest BCUT2D eigenvalue weighted by atomic mass is 35.5. The molecule has 1 aliphatic heterocycles. The molecule has 1 fully saturated rings. The fraction of sp³-hybridized carbons (Fsp3) is 0.273. The lowest BCUT2D eigenvalue weighted by molar-refractivity contribution is -0.115. The number of nitrogens with zero attached hydrogens (tertiary/aromatic N) is 1. The molecule has 152 valence electrons. The van der Waals surface area contributed by atoms with Crippen molar-refractivity contribution < 1.29 is 14.3 Å². The fourth-order valence-corrected chi connectivity index (χ4v) is 3.61. The zero-order chi connectivity index (χ0) is 20.8. The summed E-state index contributed by atoms with van der Waals surface area (Å²) < 4.78 is 11.2. The Hall–Kier alpha value is -2.44. The summed E-state index contributed by atoms with van der Waals surface area (Å²) in [6.07, 6.45) is 2.78. The van der Waals surface area contributed by atoms with E-state index in [9.17, 15) is 4.79 Å². The maximum absolute atomic E-state index is 12.3. The lowest BCUT2D eigenvalue weighted by Gasteiger charge is -2.14. The topological polar surface area (TPSA) is 59.9 Å². The van der Waals surface area contributed by atoms with Gasteiger partial charge in [-0.1, -0.05) is 24.6 Å². The third-order valence-corrected chi connectivity index (χ3v) is 5.39. The van der Waals surface area contributed by atoms with Gasteiger partial charge in [0.05, 0.1) is 28.3 Å². The summed E-state index contributed by atoms with van der Waals surface area (Å²) in [6.45, 7) is 6.60. The summed E-state index contributed by atoms with van der Waals surface area (Å²) in [5, 5.41) is 3.84. The van der Waals surface area contributed by atoms with E-state index >= 15 is 0 Å². The van der Waals surface area contributed by atoms with Gasteiger partial charge in [-0.25, -0.2) is 4.99 Å². The van der Waals surface area contributed by atoms with Gasteiger partial charge in [-0.05, 0) is 80.1 Å². The number of hydrogen-bond donors (Lipinski definition) is 1. The van der Waals surface area contributed by atoms with Crippen LogP contribution in [0, 0.1) is 0 Å². The number of hydrogen-bond acceptors (Lipinski definition) is 5. The average Bonchev–Trinajstić information content (AvgIpc) is 3.04. The molecule has 1 amide bonds. The van der Waals surface area contributed by atoms with Crippen LogP contribution in [0.3, 0.4) is 0 Å². The Bertz CT molecular complexity index is 942. The van der Waals surface area contributed by atoms with Gasteiger partial charge in [-0.2, -0.15) is 0 Å². The van der Waals surface area contributed by atoms with Crippen molar-refractivity contribution in [1.82, 2.24) is 5.32 Å². The summed E-state index contributed by atoms with van der Waals surface area (Å²) in [4.78, 5) is 17.3. The molecule has 0 spiro atoms. The fourth-order valence-electron chi connectivity index (χ4n) is 2.54. The van der Waals surface area contributed by atoms with Crippen molar-refractivity contribution in [1.29, 1.82) is 0 Å². The number of nitrogens with one attached hydrogen (secondary N) is 1. The van der Waals surface area contributed by atoms with E-state index in [0.29, 0.717) is 27.5 Å². The molecule has 1 N–H and O–H groups in total. The van der Waals surface area contributed by atoms with Crippen LogP contribution in [0.1, 0.15) is 32.8 Å². The Kier molecular flexibility index (Phi) is 7.23. The van der Waals surface area contributed by atoms with Crippen LogP contribution in [0.25, 0.3) is 6.08 Å². The van der Waals surface area contributed by atoms with Crippen LogP contribution < -0.4 is 14.8 Å². The number of thioether (sulfide) groups is 1. The molecular formula is C22H23ClN2O3S. The lowest BCUT2D eigenvalue weighted by Crippen LogP contribution is -2.19. The monoisotopic (exact) mass is 430 g/mol. The van der Waals surface area contributed by atoms with E-state index in [2.05, 4.69) is 17.2 Å². The van der Waals surface area contributed by atoms with Gasteiger partial charge >= 0.3 is 0 Å². The van der Waals surface area contributed by atoms with E-state index in [-0.39, 0.29) is 12.0 Å². The van der Waals surface area contributed by atoms with Crippen molar-refractivity contribution in [3.05, 3.63) is 58.0 Å². The highest BCUT2D eigenvalue weighted by molar-refractivity contribution is 8.18. The second-order valence-electron chi connectivity index (χ2n) is 6.44. The summed E-state index contributed by atoms with van der Waals surface area (Å²) in [5.74, 6) is 1.25. The van der Waals surface area contributed by atoms with Crippen LogP contribution in [0.2, 0.25) is 5.02 Å². The lowest BCUT2D eigenvalue weighted by atomic mass is 10.2. The minimum atomic E-state index is -0.184. The van der Waals surface area contributed by atoms with Crippen molar-refractivity contribution in [2.24, 2.45) is 4.99 Å². The van der Waals surface area contributed by atoms with Crippen molar-refractivity contribution in [2.45, 2.75) is 33.3 Å². The smallest absolute Gasteiger partial charge is 0.264 e. The van der Waals surface area contributed by atoms with Gasteiger partial charge in [0.25, 0.3) is 5.91 Å². The number of halogens is 1. The molecule has 0 aliphatic carbocycles. The molecular weight excluding hydrogens is 408 g/mol. The van der Waals surface area contributed by atoms with Crippen LogP contribution in [0.4, 0.5) is 5.69 Å². The minimum Gasteiger partial charge on any atom is -0.494 e. The van der Waals surface area contributed by atoms with Gasteiger partial charge in [0.15, 0.2) is 5.17 Å². The molecule has 0 radical (unpaired) electrons. The molecule has 7 heteroatoms. The van der Waals surface area contributed by atoms with Gasteiger partial charge in [-0.15, -0.1) is 0 Å². The predicted molar refractivity (Wildman–Crippen MR) is 120 cm³/mol. The van der Waals surface area contributed by atoms with Crippen LogP contribution in [0.5, 0.6) is 11.5 Å². The van der Waals surface area contributed by atoms with E-state index in [1.807, 2.05) is 50.2 Å². The number of ether oxygens (including phenoxy) is 2. The Labute approximate surface area is 180 Å². The number of benzene rings is 2. The number of carbonyl (C=O) groups excluding carboxylic acids is 1. The molecule has 0 saturated carbocycles. The molecule has 1 heterocycles. The van der Waals surface area contributed by atoms with Crippen LogP contribution in [-0.2, 0) is 4.79 Å². The van der Waals surface area contributed by atoms with Gasteiger partial charge < -0.3 is 14.8 Å². The highest BCUT2D eigenvalue weighted by Crippen LogP contribution is 2.31. The summed E-state index contributed by atoms with van der Waals surface area (Å²) in [7, 11) is 0. The van der Waals surface area contributed by atoms with E-state index in [4.69, 9.17) is 21.1 Å². The Balaban J connectivity index is 1.72. The number of amidine groups is 1. The maximum Gasteiger partial charge on any atom is 0.264 e. The Morgan fingerprint density at radius 3 is 2.62 bits per heavy atom. The van der Waals surface area contributed by atoms with E-state index in [1.165, 1.54) is 11.8 Å². The molecule has 0 aromatic heterocycles. The third kappa shape index (κ3) is 5.78. The number of aliphatic imine (C=N–C) groups is 1.